The largest absolute Gasteiger partial charge is 0.493 e. The number of nitrogens with one attached hydrogen (secondary N) is 2. The molecule has 2 amide bonds. The third-order valence-corrected chi connectivity index (χ3v) is 5.13. The van der Waals surface area contributed by atoms with Crippen molar-refractivity contribution < 1.29 is 14.3 Å². The maximum Gasteiger partial charge on any atom is 0.227 e. The quantitative estimate of drug-likeness (QED) is 0.890. The van der Waals surface area contributed by atoms with E-state index < -0.39 is 0 Å². The van der Waals surface area contributed by atoms with Crippen LogP contribution in [0, 0.1) is 5.92 Å². The number of carbonyl (C=O) groups excluding carboxylic acids is 2. The summed E-state index contributed by atoms with van der Waals surface area (Å²) in [5.41, 5.74) is 3.05. The van der Waals surface area contributed by atoms with Crippen LogP contribution in [0.4, 0.5) is 5.69 Å². The van der Waals surface area contributed by atoms with E-state index in [1.165, 1.54) is 0 Å². The molecule has 0 fully saturated rings. The predicted molar refractivity (Wildman–Crippen MR) is 98.9 cm³/mol. The molecule has 5 nitrogen and oxygen atoms in total. The van der Waals surface area contributed by atoms with Crippen LogP contribution in [0.25, 0.3) is 0 Å². The van der Waals surface area contributed by atoms with Crippen LogP contribution in [0.15, 0.2) is 48.5 Å². The Morgan fingerprint density at radius 2 is 1.96 bits per heavy atom. The molecule has 0 bridgehead atoms. The summed E-state index contributed by atoms with van der Waals surface area (Å²) in [6, 6.07) is 15.6. The summed E-state index contributed by atoms with van der Waals surface area (Å²) in [5, 5.41) is 6.04. The van der Waals surface area contributed by atoms with Crippen LogP contribution < -0.4 is 15.4 Å². The molecule has 2 heterocycles. The van der Waals surface area contributed by atoms with Gasteiger partial charge in [0.15, 0.2) is 0 Å². The van der Waals surface area contributed by atoms with E-state index in [9.17, 15) is 9.59 Å². The van der Waals surface area contributed by atoms with E-state index in [2.05, 4.69) is 10.6 Å². The summed E-state index contributed by atoms with van der Waals surface area (Å²) in [6.45, 7) is 0.601. The monoisotopic (exact) mass is 350 g/mol. The summed E-state index contributed by atoms with van der Waals surface area (Å²) < 4.78 is 5.63. The highest BCUT2D eigenvalue weighted by molar-refractivity contribution is 5.96. The molecular weight excluding hydrogens is 328 g/mol. The van der Waals surface area contributed by atoms with E-state index in [0.717, 1.165) is 29.0 Å². The maximum atomic E-state index is 12.4. The van der Waals surface area contributed by atoms with Crippen molar-refractivity contribution in [3.05, 3.63) is 59.7 Å². The summed E-state index contributed by atoms with van der Waals surface area (Å²) >= 11 is 0. The van der Waals surface area contributed by atoms with Crippen LogP contribution in [0.5, 0.6) is 5.75 Å². The van der Waals surface area contributed by atoms with Gasteiger partial charge in [-0.1, -0.05) is 36.4 Å². The molecule has 0 aromatic heterocycles. The number of anilines is 1. The van der Waals surface area contributed by atoms with E-state index in [1.807, 2.05) is 48.5 Å². The molecule has 0 spiro atoms. The molecule has 26 heavy (non-hydrogen) atoms. The van der Waals surface area contributed by atoms with Gasteiger partial charge in [-0.3, -0.25) is 9.59 Å². The highest BCUT2D eigenvalue weighted by Crippen LogP contribution is 2.32. The zero-order valence-corrected chi connectivity index (χ0v) is 14.5. The molecule has 2 aromatic carbocycles. The highest BCUT2D eigenvalue weighted by atomic mass is 16.5. The second-order valence-electron chi connectivity index (χ2n) is 6.88. The molecule has 2 aliphatic heterocycles. The fourth-order valence-electron chi connectivity index (χ4n) is 3.71. The molecule has 0 saturated heterocycles. The Morgan fingerprint density at radius 3 is 2.88 bits per heavy atom. The van der Waals surface area contributed by atoms with E-state index in [4.69, 9.17) is 4.74 Å². The van der Waals surface area contributed by atoms with E-state index in [1.54, 1.807) is 0 Å². The van der Waals surface area contributed by atoms with Gasteiger partial charge in [-0.15, -0.1) is 0 Å². The number of hydrogen-bond acceptors (Lipinski definition) is 3. The lowest BCUT2D eigenvalue weighted by Crippen LogP contribution is -2.34. The van der Waals surface area contributed by atoms with Gasteiger partial charge in [0.05, 0.1) is 12.6 Å². The zero-order valence-electron chi connectivity index (χ0n) is 14.5. The van der Waals surface area contributed by atoms with Crippen molar-refractivity contribution in [3.8, 4) is 5.75 Å². The topological polar surface area (TPSA) is 67.4 Å². The lowest BCUT2D eigenvalue weighted by molar-refractivity contribution is -0.123. The molecule has 0 unspecified atom stereocenters. The smallest absolute Gasteiger partial charge is 0.227 e. The summed E-state index contributed by atoms with van der Waals surface area (Å²) in [4.78, 5) is 24.7. The van der Waals surface area contributed by atoms with Crippen LogP contribution in [-0.4, -0.2) is 18.4 Å². The highest BCUT2D eigenvalue weighted by Gasteiger charge is 2.27. The Labute approximate surface area is 152 Å². The van der Waals surface area contributed by atoms with Gasteiger partial charge in [0, 0.05) is 30.0 Å². The van der Waals surface area contributed by atoms with Crippen molar-refractivity contribution in [2.24, 2.45) is 5.92 Å². The van der Waals surface area contributed by atoms with Crippen molar-refractivity contribution >= 4 is 17.5 Å². The normalized spacial score (nSPS) is 21.0. The third kappa shape index (κ3) is 3.43. The van der Waals surface area contributed by atoms with Gasteiger partial charge in [0.1, 0.15) is 5.75 Å². The van der Waals surface area contributed by atoms with Crippen LogP contribution in [-0.2, 0) is 16.0 Å². The second-order valence-corrected chi connectivity index (χ2v) is 6.88. The zero-order chi connectivity index (χ0) is 17.9. The number of para-hydroxylation sites is 2. The minimum atomic E-state index is -0.155. The predicted octanol–water partition coefficient (Wildman–Crippen LogP) is 3.22. The third-order valence-electron chi connectivity index (χ3n) is 5.13. The van der Waals surface area contributed by atoms with Crippen LogP contribution >= 0.6 is 0 Å². The molecule has 5 heteroatoms. The molecule has 2 aromatic rings. The minimum Gasteiger partial charge on any atom is -0.493 e. The summed E-state index contributed by atoms with van der Waals surface area (Å²) in [6.07, 6.45) is 2.35. The first kappa shape index (κ1) is 16.6. The molecule has 0 aliphatic carbocycles. The number of ether oxygens (including phenoxy) is 1. The average molecular weight is 350 g/mol. The first-order valence-corrected chi connectivity index (χ1v) is 9.10. The summed E-state index contributed by atoms with van der Waals surface area (Å²) in [5.74, 6) is 0.677. The SMILES string of the molecule is O=C(CC[C@@H]1Cc2ccccc2NC1=O)N[C@H]1CCOc2ccccc21. The van der Waals surface area contributed by atoms with E-state index in [-0.39, 0.29) is 23.8 Å². The van der Waals surface area contributed by atoms with Crippen molar-refractivity contribution in [2.75, 3.05) is 11.9 Å². The molecule has 2 atom stereocenters. The molecule has 134 valence electrons. The van der Waals surface area contributed by atoms with Gasteiger partial charge in [-0.25, -0.2) is 0 Å². The maximum absolute atomic E-state index is 12.4. The second kappa shape index (κ2) is 7.20. The first-order valence-electron chi connectivity index (χ1n) is 9.10. The fourth-order valence-corrected chi connectivity index (χ4v) is 3.71. The van der Waals surface area contributed by atoms with Crippen LogP contribution in [0.1, 0.15) is 36.4 Å². The number of amides is 2. The van der Waals surface area contributed by atoms with Gasteiger partial charge in [-0.2, -0.15) is 0 Å². The number of rotatable bonds is 4. The van der Waals surface area contributed by atoms with Crippen molar-refractivity contribution in [2.45, 2.75) is 31.7 Å². The first-order chi connectivity index (χ1) is 12.7. The Kier molecular flexibility index (Phi) is 4.61. The number of fused-ring (bicyclic) bond motifs is 2. The molecule has 0 saturated carbocycles. The standard InChI is InChI=1S/C21H22N2O3/c24-20(22-18-11-12-26-19-8-4-2-6-16(18)19)10-9-15-13-14-5-1-3-7-17(14)23-21(15)25/h1-8,15,18H,9-13H2,(H,22,24)(H,23,25)/t15-,18+/m1/s1. The lowest BCUT2D eigenvalue weighted by atomic mass is 9.89. The van der Waals surface area contributed by atoms with Gasteiger partial charge < -0.3 is 15.4 Å². The number of benzene rings is 2. The van der Waals surface area contributed by atoms with Gasteiger partial charge in [0.25, 0.3) is 0 Å². The average Bonchev–Trinajstić information content (AvgIpc) is 2.66. The van der Waals surface area contributed by atoms with E-state index in [0.29, 0.717) is 25.9 Å². The Bertz CT molecular complexity index is 834. The van der Waals surface area contributed by atoms with Crippen molar-refractivity contribution in [1.29, 1.82) is 0 Å². The number of hydrogen-bond donors (Lipinski definition) is 2. The molecule has 4 rings (SSSR count). The van der Waals surface area contributed by atoms with Crippen LogP contribution in [0.2, 0.25) is 0 Å². The number of carbonyl (C=O) groups is 2. The van der Waals surface area contributed by atoms with Gasteiger partial charge in [-0.05, 0) is 30.5 Å². The van der Waals surface area contributed by atoms with Crippen LogP contribution in [0.3, 0.4) is 0 Å². The molecule has 0 radical (unpaired) electrons. The van der Waals surface area contributed by atoms with Gasteiger partial charge in [0.2, 0.25) is 11.8 Å². The minimum absolute atomic E-state index is 0.00733. The fraction of sp³-hybridized carbons (Fsp3) is 0.333. The lowest BCUT2D eigenvalue weighted by Gasteiger charge is -2.27. The van der Waals surface area contributed by atoms with Crippen molar-refractivity contribution in [1.82, 2.24) is 5.32 Å². The Morgan fingerprint density at radius 1 is 1.15 bits per heavy atom. The molecular formula is C21H22N2O3. The van der Waals surface area contributed by atoms with Crippen molar-refractivity contribution in [3.63, 3.8) is 0 Å². The Balaban J connectivity index is 1.35. The van der Waals surface area contributed by atoms with E-state index >= 15 is 0 Å². The summed E-state index contributed by atoms with van der Waals surface area (Å²) in [7, 11) is 0. The van der Waals surface area contributed by atoms with Gasteiger partial charge >= 0.3 is 0 Å². The Hall–Kier alpha value is -2.82. The molecule has 2 aliphatic rings. The molecule has 2 N–H and O–H groups in total.